The highest BCUT2D eigenvalue weighted by Crippen LogP contribution is 2.28. The predicted octanol–water partition coefficient (Wildman–Crippen LogP) is 3.84. The van der Waals surface area contributed by atoms with E-state index in [1.165, 1.54) is 10.7 Å². The van der Waals surface area contributed by atoms with Crippen molar-refractivity contribution >= 4 is 11.3 Å². The third kappa shape index (κ3) is 3.31. The van der Waals surface area contributed by atoms with Gasteiger partial charge in [-0.15, -0.1) is 0 Å². The lowest BCUT2D eigenvalue weighted by Gasteiger charge is -2.05. The number of fused-ring (bicyclic) bond motifs is 1. The van der Waals surface area contributed by atoms with Crippen LogP contribution < -0.4 is 5.73 Å². The molecule has 0 aliphatic carbocycles. The van der Waals surface area contributed by atoms with Gasteiger partial charge in [0.05, 0.1) is 5.52 Å². The van der Waals surface area contributed by atoms with Gasteiger partial charge in [-0.05, 0) is 42.0 Å². The van der Waals surface area contributed by atoms with Crippen LogP contribution in [0.2, 0.25) is 0 Å². The zero-order valence-electron chi connectivity index (χ0n) is 16.4. The molecule has 2 N–H and O–H groups in total. The number of hydrogen-bond acceptors (Lipinski definition) is 6. The van der Waals surface area contributed by atoms with E-state index in [0.29, 0.717) is 16.8 Å². The monoisotopic (exact) mass is 433 g/mol. The molecule has 0 amide bonds. The SMILES string of the molecule is Nc1nc(-c2nc(Cc3c(F)ccc(F)c3F)n3ncccc23)ncc1-c1ccncc1. The van der Waals surface area contributed by atoms with Crippen molar-refractivity contribution in [3.63, 3.8) is 0 Å². The second-order valence-corrected chi connectivity index (χ2v) is 6.92. The average molecular weight is 433 g/mol. The minimum absolute atomic E-state index is 0.194. The average Bonchev–Trinajstić information content (AvgIpc) is 3.18. The van der Waals surface area contributed by atoms with Crippen LogP contribution in [-0.2, 0) is 6.42 Å². The number of benzene rings is 1. The summed E-state index contributed by atoms with van der Waals surface area (Å²) in [5.74, 6) is -2.63. The zero-order chi connectivity index (χ0) is 22.2. The van der Waals surface area contributed by atoms with Crippen molar-refractivity contribution in [1.29, 1.82) is 0 Å². The van der Waals surface area contributed by atoms with Gasteiger partial charge in [-0.25, -0.2) is 32.6 Å². The summed E-state index contributed by atoms with van der Waals surface area (Å²) in [5.41, 5.74) is 7.99. The van der Waals surface area contributed by atoms with Gasteiger partial charge >= 0.3 is 0 Å². The Kier molecular flexibility index (Phi) is 4.74. The largest absolute Gasteiger partial charge is 0.383 e. The van der Waals surface area contributed by atoms with Gasteiger partial charge in [-0.3, -0.25) is 4.98 Å². The highest BCUT2D eigenvalue weighted by Gasteiger charge is 2.21. The summed E-state index contributed by atoms with van der Waals surface area (Å²) in [6, 6.07) is 8.58. The van der Waals surface area contributed by atoms with Crippen molar-refractivity contribution in [2.45, 2.75) is 6.42 Å². The standard InChI is InChI=1S/C22H14F3N7/c23-15-3-4-16(24)19(25)13(15)10-18-30-20(17-2-1-7-29-32(17)18)22-28-11-14(21(26)31-22)12-5-8-27-9-6-12/h1-9,11H,10H2,(H2,26,28,31). The quantitative estimate of drug-likeness (QED) is 0.433. The van der Waals surface area contributed by atoms with E-state index in [0.717, 1.165) is 17.7 Å². The number of anilines is 1. The van der Waals surface area contributed by atoms with E-state index in [-0.39, 0.29) is 23.9 Å². The van der Waals surface area contributed by atoms with E-state index < -0.39 is 23.0 Å². The lowest BCUT2D eigenvalue weighted by molar-refractivity contribution is 0.481. The number of rotatable bonds is 4. The summed E-state index contributed by atoms with van der Waals surface area (Å²) in [5, 5.41) is 4.21. The highest BCUT2D eigenvalue weighted by molar-refractivity contribution is 5.77. The lowest BCUT2D eigenvalue weighted by Crippen LogP contribution is -2.04. The smallest absolute Gasteiger partial charge is 0.182 e. The number of nitrogen functional groups attached to an aromatic ring is 1. The molecule has 5 rings (SSSR count). The van der Waals surface area contributed by atoms with Crippen LogP contribution in [0.3, 0.4) is 0 Å². The number of pyridine rings is 1. The molecule has 0 atom stereocenters. The fourth-order valence-electron chi connectivity index (χ4n) is 3.42. The van der Waals surface area contributed by atoms with Gasteiger partial charge < -0.3 is 5.73 Å². The van der Waals surface area contributed by atoms with Crippen molar-refractivity contribution in [3.8, 4) is 22.6 Å². The fraction of sp³-hybridized carbons (Fsp3) is 0.0455. The number of nitrogens with zero attached hydrogens (tertiary/aromatic N) is 6. The summed E-state index contributed by atoms with van der Waals surface area (Å²) >= 11 is 0. The molecule has 0 fully saturated rings. The first-order valence-corrected chi connectivity index (χ1v) is 9.51. The van der Waals surface area contributed by atoms with E-state index in [9.17, 15) is 13.2 Å². The van der Waals surface area contributed by atoms with Crippen molar-refractivity contribution in [2.75, 3.05) is 5.73 Å². The molecule has 0 spiro atoms. The third-order valence-corrected chi connectivity index (χ3v) is 4.97. The molecule has 10 heteroatoms. The van der Waals surface area contributed by atoms with Gasteiger partial charge in [0.1, 0.15) is 23.2 Å². The first-order valence-electron chi connectivity index (χ1n) is 9.51. The summed E-state index contributed by atoms with van der Waals surface area (Å²) in [6.45, 7) is 0. The minimum Gasteiger partial charge on any atom is -0.383 e. The van der Waals surface area contributed by atoms with E-state index in [2.05, 4.69) is 25.0 Å². The van der Waals surface area contributed by atoms with Crippen molar-refractivity contribution in [1.82, 2.24) is 29.5 Å². The van der Waals surface area contributed by atoms with Gasteiger partial charge in [0.25, 0.3) is 0 Å². The highest BCUT2D eigenvalue weighted by atomic mass is 19.2. The Hall–Kier alpha value is -4.34. The van der Waals surface area contributed by atoms with E-state index in [1.807, 2.05) is 0 Å². The summed E-state index contributed by atoms with van der Waals surface area (Å²) in [4.78, 5) is 17.2. The van der Waals surface area contributed by atoms with Crippen LogP contribution >= 0.6 is 0 Å². The number of nitrogens with two attached hydrogens (primary N) is 1. The molecule has 4 heterocycles. The molecule has 5 aromatic rings. The Morgan fingerprint density at radius 1 is 0.906 bits per heavy atom. The molecule has 158 valence electrons. The number of aromatic nitrogens is 6. The maximum atomic E-state index is 14.2. The lowest BCUT2D eigenvalue weighted by atomic mass is 10.1. The maximum Gasteiger partial charge on any atom is 0.182 e. The molecule has 0 unspecified atom stereocenters. The molecule has 4 aromatic heterocycles. The van der Waals surface area contributed by atoms with Gasteiger partial charge in [0.15, 0.2) is 17.5 Å². The second-order valence-electron chi connectivity index (χ2n) is 6.92. The molecule has 32 heavy (non-hydrogen) atoms. The van der Waals surface area contributed by atoms with Gasteiger partial charge in [0.2, 0.25) is 0 Å². The van der Waals surface area contributed by atoms with Crippen molar-refractivity contribution in [3.05, 3.63) is 90.0 Å². The second kappa shape index (κ2) is 7.73. The Labute approximate surface area is 179 Å². The topological polar surface area (TPSA) is 94.9 Å². The number of imidazole rings is 1. The van der Waals surface area contributed by atoms with E-state index in [4.69, 9.17) is 5.73 Å². The summed E-state index contributed by atoms with van der Waals surface area (Å²) in [6.07, 6.45) is 6.02. The Morgan fingerprint density at radius 3 is 2.47 bits per heavy atom. The van der Waals surface area contributed by atoms with Crippen LogP contribution in [0.4, 0.5) is 19.0 Å². The van der Waals surface area contributed by atoms with Crippen LogP contribution in [0.15, 0.2) is 61.2 Å². The van der Waals surface area contributed by atoms with Crippen LogP contribution in [-0.4, -0.2) is 29.5 Å². The molecule has 1 aromatic carbocycles. The van der Waals surface area contributed by atoms with E-state index >= 15 is 0 Å². The molecule has 0 saturated heterocycles. The zero-order valence-corrected chi connectivity index (χ0v) is 16.4. The molecule has 0 aliphatic rings. The summed E-state index contributed by atoms with van der Waals surface area (Å²) < 4.78 is 43.5. The molecule has 0 radical (unpaired) electrons. The van der Waals surface area contributed by atoms with Crippen LogP contribution in [0.1, 0.15) is 11.4 Å². The Bertz CT molecular complexity index is 1450. The fourth-order valence-corrected chi connectivity index (χ4v) is 3.42. The van der Waals surface area contributed by atoms with Gasteiger partial charge in [-0.1, -0.05) is 0 Å². The minimum atomic E-state index is -1.26. The molecule has 7 nitrogen and oxygen atoms in total. The van der Waals surface area contributed by atoms with Gasteiger partial charge in [0, 0.05) is 42.3 Å². The predicted molar refractivity (Wildman–Crippen MR) is 111 cm³/mol. The van der Waals surface area contributed by atoms with Crippen LogP contribution in [0, 0.1) is 17.5 Å². The molecular formula is C22H14F3N7. The van der Waals surface area contributed by atoms with Crippen LogP contribution in [0.5, 0.6) is 0 Å². The first kappa shape index (κ1) is 19.6. The number of halogens is 3. The van der Waals surface area contributed by atoms with E-state index in [1.54, 1.807) is 42.9 Å². The molecule has 0 bridgehead atoms. The number of hydrogen-bond donors (Lipinski definition) is 1. The first-order chi connectivity index (χ1) is 15.5. The third-order valence-electron chi connectivity index (χ3n) is 4.97. The summed E-state index contributed by atoms with van der Waals surface area (Å²) in [7, 11) is 0. The molecular weight excluding hydrogens is 419 g/mol. The molecule has 0 aliphatic heterocycles. The molecule has 0 saturated carbocycles. The normalized spacial score (nSPS) is 11.2. The van der Waals surface area contributed by atoms with Crippen LogP contribution in [0.25, 0.3) is 28.2 Å². The van der Waals surface area contributed by atoms with Crippen molar-refractivity contribution in [2.24, 2.45) is 0 Å². The Balaban J connectivity index is 1.61. The Morgan fingerprint density at radius 2 is 1.69 bits per heavy atom. The van der Waals surface area contributed by atoms with Crippen molar-refractivity contribution < 1.29 is 13.2 Å². The van der Waals surface area contributed by atoms with Gasteiger partial charge in [-0.2, -0.15) is 5.10 Å². The maximum absolute atomic E-state index is 14.2.